The van der Waals surface area contributed by atoms with E-state index in [1.54, 1.807) is 0 Å². The minimum absolute atomic E-state index is 0.0689. The third-order valence-corrected chi connectivity index (χ3v) is 4.95. The molecule has 8 heteroatoms. The molecule has 1 amide bonds. The van der Waals surface area contributed by atoms with Gasteiger partial charge in [-0.15, -0.1) is 0 Å². The van der Waals surface area contributed by atoms with E-state index < -0.39 is 24.3 Å². The summed E-state index contributed by atoms with van der Waals surface area (Å²) in [7, 11) is 0. The fraction of sp³-hybridized carbons (Fsp3) is 0.227. The molecule has 30 heavy (non-hydrogen) atoms. The van der Waals surface area contributed by atoms with Gasteiger partial charge in [0.05, 0.1) is 16.6 Å². The van der Waals surface area contributed by atoms with Crippen LogP contribution in [0.4, 0.5) is 4.39 Å². The first kappa shape index (κ1) is 21.5. The highest BCUT2D eigenvalue weighted by Crippen LogP contribution is 2.33. The van der Waals surface area contributed by atoms with Crippen molar-refractivity contribution in [3.8, 4) is 11.3 Å². The highest BCUT2D eigenvalue weighted by atomic mass is 35.5. The summed E-state index contributed by atoms with van der Waals surface area (Å²) in [5.74, 6) is -1.86. The van der Waals surface area contributed by atoms with Crippen molar-refractivity contribution in [2.45, 2.75) is 26.8 Å². The Morgan fingerprint density at radius 2 is 1.93 bits per heavy atom. The van der Waals surface area contributed by atoms with Crippen LogP contribution in [0.25, 0.3) is 11.3 Å². The summed E-state index contributed by atoms with van der Waals surface area (Å²) in [5, 5.41) is 6.60. The Morgan fingerprint density at radius 1 is 1.20 bits per heavy atom. The predicted octanol–water partition coefficient (Wildman–Crippen LogP) is 4.79. The number of nitrogens with zero attached hydrogens (tertiary/aromatic N) is 1. The fourth-order valence-electron chi connectivity index (χ4n) is 3.14. The lowest BCUT2D eigenvalue weighted by molar-refractivity contribution is -0.124. The molecule has 3 aromatic rings. The Morgan fingerprint density at radius 3 is 2.63 bits per heavy atom. The number of hydrogen-bond acceptors (Lipinski definition) is 5. The van der Waals surface area contributed by atoms with E-state index in [-0.39, 0.29) is 33.6 Å². The van der Waals surface area contributed by atoms with Gasteiger partial charge in [0.15, 0.2) is 6.61 Å². The SMILES string of the molecule is Cc1ccccc1C(C)NC(=O)COC(=O)c1c(-c2c(F)cccc2Cl)noc1C. The topological polar surface area (TPSA) is 81.4 Å². The average Bonchev–Trinajstić information content (AvgIpc) is 3.07. The molecule has 2 aromatic carbocycles. The van der Waals surface area contributed by atoms with Gasteiger partial charge < -0.3 is 14.6 Å². The molecule has 0 fully saturated rings. The van der Waals surface area contributed by atoms with E-state index in [0.717, 1.165) is 11.1 Å². The Bertz CT molecular complexity index is 1080. The summed E-state index contributed by atoms with van der Waals surface area (Å²) in [6.07, 6.45) is 0. The van der Waals surface area contributed by atoms with Gasteiger partial charge in [-0.05, 0) is 44.0 Å². The number of carbonyl (C=O) groups excluding carboxylic acids is 2. The normalized spacial score (nSPS) is 11.8. The smallest absolute Gasteiger partial charge is 0.344 e. The van der Waals surface area contributed by atoms with Gasteiger partial charge in [0, 0.05) is 0 Å². The van der Waals surface area contributed by atoms with Crippen LogP contribution in [0.3, 0.4) is 0 Å². The summed E-state index contributed by atoms with van der Waals surface area (Å²) >= 11 is 6.07. The average molecular weight is 431 g/mol. The van der Waals surface area contributed by atoms with E-state index >= 15 is 0 Å². The van der Waals surface area contributed by atoms with E-state index in [1.807, 2.05) is 38.1 Å². The molecule has 1 N–H and O–H groups in total. The number of esters is 1. The largest absolute Gasteiger partial charge is 0.452 e. The van der Waals surface area contributed by atoms with Crippen molar-refractivity contribution in [3.63, 3.8) is 0 Å². The van der Waals surface area contributed by atoms with Crippen LogP contribution in [0.5, 0.6) is 0 Å². The van der Waals surface area contributed by atoms with Crippen LogP contribution in [0.15, 0.2) is 47.0 Å². The maximum Gasteiger partial charge on any atom is 0.344 e. The first-order valence-electron chi connectivity index (χ1n) is 9.22. The summed E-state index contributed by atoms with van der Waals surface area (Å²) in [6, 6.07) is 11.5. The van der Waals surface area contributed by atoms with E-state index in [4.69, 9.17) is 20.9 Å². The van der Waals surface area contributed by atoms with Crippen LogP contribution < -0.4 is 5.32 Å². The van der Waals surface area contributed by atoms with Gasteiger partial charge in [0.2, 0.25) is 0 Å². The lowest BCUT2D eigenvalue weighted by Gasteiger charge is -2.16. The zero-order valence-electron chi connectivity index (χ0n) is 16.7. The highest BCUT2D eigenvalue weighted by molar-refractivity contribution is 6.33. The van der Waals surface area contributed by atoms with Crippen molar-refractivity contribution in [3.05, 3.63) is 75.8 Å². The second-order valence-corrected chi connectivity index (χ2v) is 7.19. The van der Waals surface area contributed by atoms with Gasteiger partial charge in [-0.25, -0.2) is 9.18 Å². The molecule has 0 aliphatic rings. The van der Waals surface area contributed by atoms with Crippen molar-refractivity contribution in [1.29, 1.82) is 0 Å². The van der Waals surface area contributed by atoms with Crippen LogP contribution in [-0.2, 0) is 9.53 Å². The molecule has 1 atom stereocenters. The minimum Gasteiger partial charge on any atom is -0.452 e. The number of ether oxygens (including phenoxy) is 1. The standard InChI is InChI=1S/C22H20ClFN2O4/c1-12-7-4-5-8-15(12)13(2)25-18(27)11-29-22(28)19-14(3)30-26-21(19)20-16(23)9-6-10-17(20)24/h4-10,13H,11H2,1-3H3,(H,25,27). The van der Waals surface area contributed by atoms with E-state index in [9.17, 15) is 14.0 Å². The first-order valence-corrected chi connectivity index (χ1v) is 9.60. The highest BCUT2D eigenvalue weighted by Gasteiger charge is 2.27. The third-order valence-electron chi connectivity index (χ3n) is 4.63. The van der Waals surface area contributed by atoms with Gasteiger partial charge in [-0.3, -0.25) is 4.79 Å². The Hall–Kier alpha value is -3.19. The molecular weight excluding hydrogens is 411 g/mol. The number of rotatable bonds is 6. The number of nitrogens with one attached hydrogen (secondary N) is 1. The molecular formula is C22H20ClFN2O4. The van der Waals surface area contributed by atoms with Crippen LogP contribution >= 0.6 is 11.6 Å². The quantitative estimate of drug-likeness (QED) is 0.569. The second-order valence-electron chi connectivity index (χ2n) is 6.78. The lowest BCUT2D eigenvalue weighted by Crippen LogP contribution is -2.31. The van der Waals surface area contributed by atoms with E-state index in [0.29, 0.717) is 0 Å². The van der Waals surface area contributed by atoms with Crippen molar-refractivity contribution in [2.75, 3.05) is 6.61 Å². The van der Waals surface area contributed by atoms with Crippen LogP contribution in [0, 0.1) is 19.7 Å². The zero-order valence-corrected chi connectivity index (χ0v) is 17.4. The number of carbonyl (C=O) groups is 2. The fourth-order valence-corrected chi connectivity index (χ4v) is 3.40. The first-order chi connectivity index (χ1) is 14.3. The number of benzene rings is 2. The Balaban J connectivity index is 1.71. The summed E-state index contributed by atoms with van der Waals surface area (Å²) in [6.45, 7) is 4.76. The van der Waals surface area contributed by atoms with Crippen molar-refractivity contribution < 1.29 is 23.2 Å². The van der Waals surface area contributed by atoms with E-state index in [2.05, 4.69) is 10.5 Å². The molecule has 3 rings (SSSR count). The zero-order chi connectivity index (χ0) is 21.8. The van der Waals surface area contributed by atoms with Gasteiger partial charge in [-0.1, -0.05) is 47.1 Å². The Kier molecular flexibility index (Phi) is 6.52. The van der Waals surface area contributed by atoms with Crippen LogP contribution in [0.1, 0.15) is 40.2 Å². The summed E-state index contributed by atoms with van der Waals surface area (Å²) in [5.41, 5.74) is 1.77. The number of aryl methyl sites for hydroxylation is 2. The molecule has 1 aromatic heterocycles. The van der Waals surface area contributed by atoms with Crippen LogP contribution in [0.2, 0.25) is 5.02 Å². The van der Waals surface area contributed by atoms with Crippen molar-refractivity contribution in [1.82, 2.24) is 10.5 Å². The second kappa shape index (κ2) is 9.09. The molecule has 1 heterocycles. The molecule has 0 spiro atoms. The molecule has 1 unspecified atom stereocenters. The summed E-state index contributed by atoms with van der Waals surface area (Å²) < 4.78 is 24.4. The maximum atomic E-state index is 14.3. The van der Waals surface area contributed by atoms with Crippen LogP contribution in [-0.4, -0.2) is 23.6 Å². The third kappa shape index (κ3) is 4.52. The monoisotopic (exact) mass is 430 g/mol. The van der Waals surface area contributed by atoms with Crippen molar-refractivity contribution in [2.24, 2.45) is 0 Å². The molecule has 6 nitrogen and oxygen atoms in total. The van der Waals surface area contributed by atoms with Gasteiger partial charge in [-0.2, -0.15) is 0 Å². The molecule has 0 radical (unpaired) electrons. The molecule has 0 bridgehead atoms. The molecule has 0 saturated carbocycles. The molecule has 0 aliphatic heterocycles. The van der Waals surface area contributed by atoms with Gasteiger partial charge in [0.1, 0.15) is 22.8 Å². The molecule has 156 valence electrons. The minimum atomic E-state index is -0.859. The van der Waals surface area contributed by atoms with Gasteiger partial charge in [0.25, 0.3) is 5.91 Å². The van der Waals surface area contributed by atoms with Crippen molar-refractivity contribution >= 4 is 23.5 Å². The molecule has 0 aliphatic carbocycles. The number of hydrogen-bond donors (Lipinski definition) is 1. The number of amides is 1. The number of halogens is 2. The predicted molar refractivity (Wildman–Crippen MR) is 110 cm³/mol. The van der Waals surface area contributed by atoms with Gasteiger partial charge >= 0.3 is 5.97 Å². The summed E-state index contributed by atoms with van der Waals surface area (Å²) in [4.78, 5) is 24.8. The maximum absolute atomic E-state index is 14.3. The molecule has 0 saturated heterocycles. The number of aromatic nitrogens is 1. The lowest BCUT2D eigenvalue weighted by atomic mass is 10.0. The Labute approximate surface area is 178 Å². The van der Waals surface area contributed by atoms with E-state index in [1.165, 1.54) is 25.1 Å².